The van der Waals surface area contributed by atoms with Gasteiger partial charge in [-0.15, -0.1) is 0 Å². The zero-order valence-corrected chi connectivity index (χ0v) is 15.4. The minimum atomic E-state index is -3.73. The number of hydrazone groups is 1. The van der Waals surface area contributed by atoms with Gasteiger partial charge < -0.3 is 10.0 Å². The molecule has 0 spiro atoms. The molecule has 0 amide bonds. The molecule has 0 fully saturated rings. The topological polar surface area (TPSA) is 82.0 Å². The van der Waals surface area contributed by atoms with E-state index in [4.69, 9.17) is 0 Å². The molecule has 25 heavy (non-hydrogen) atoms. The molecule has 0 aliphatic heterocycles. The Morgan fingerprint density at radius 2 is 1.76 bits per heavy atom. The van der Waals surface area contributed by atoms with E-state index in [1.807, 2.05) is 26.8 Å². The largest absolute Gasteiger partial charge is 0.507 e. The summed E-state index contributed by atoms with van der Waals surface area (Å²) in [5.41, 5.74) is 2.31. The van der Waals surface area contributed by atoms with Gasteiger partial charge in [0.1, 0.15) is 5.75 Å². The molecule has 0 heterocycles. The number of aromatic hydroxyl groups is 1. The Hall–Kier alpha value is -2.54. The van der Waals surface area contributed by atoms with Crippen molar-refractivity contribution >= 4 is 21.9 Å². The molecule has 2 aromatic carbocycles. The fraction of sp³-hybridized carbons (Fsp3) is 0.278. The standard InChI is InChI=1S/C18H23N3O3S/c1-4-21(5-2)16-9-8-15(18(22)12-16)13-19-20-25(23,24)17-10-6-14(3)7-11-17/h6-13,20,22H,4-5H2,1-3H3/b19-13-. The molecule has 0 radical (unpaired) electrons. The van der Waals surface area contributed by atoms with Crippen LogP contribution in [0.15, 0.2) is 52.5 Å². The van der Waals surface area contributed by atoms with Crippen LogP contribution in [0.25, 0.3) is 0 Å². The van der Waals surface area contributed by atoms with Crippen LogP contribution in [0, 0.1) is 6.92 Å². The lowest BCUT2D eigenvalue weighted by Crippen LogP contribution is -2.21. The van der Waals surface area contributed by atoms with Gasteiger partial charge in [0.15, 0.2) is 0 Å². The number of aryl methyl sites for hydroxylation is 1. The average Bonchev–Trinajstić information content (AvgIpc) is 2.58. The molecule has 0 atom stereocenters. The maximum atomic E-state index is 12.1. The molecule has 2 rings (SSSR count). The third kappa shape index (κ3) is 4.73. The van der Waals surface area contributed by atoms with Crippen LogP contribution in [0.1, 0.15) is 25.0 Å². The van der Waals surface area contributed by atoms with E-state index in [0.717, 1.165) is 24.3 Å². The first-order chi connectivity index (χ1) is 11.9. The van der Waals surface area contributed by atoms with Crippen LogP contribution in [0.3, 0.4) is 0 Å². The molecule has 2 aromatic rings. The number of rotatable bonds is 7. The molecule has 0 saturated heterocycles. The lowest BCUT2D eigenvalue weighted by molar-refractivity contribution is 0.474. The van der Waals surface area contributed by atoms with Crippen molar-refractivity contribution in [3.05, 3.63) is 53.6 Å². The number of hydrogen-bond acceptors (Lipinski definition) is 5. The van der Waals surface area contributed by atoms with Crippen LogP contribution in [-0.2, 0) is 10.0 Å². The van der Waals surface area contributed by atoms with Crippen molar-refractivity contribution in [2.45, 2.75) is 25.7 Å². The average molecular weight is 361 g/mol. The monoisotopic (exact) mass is 361 g/mol. The minimum absolute atomic E-state index is 0.0442. The maximum absolute atomic E-state index is 12.1. The van der Waals surface area contributed by atoms with E-state index in [1.165, 1.54) is 18.3 Å². The van der Waals surface area contributed by atoms with E-state index in [-0.39, 0.29) is 10.6 Å². The lowest BCUT2D eigenvalue weighted by atomic mass is 10.2. The summed E-state index contributed by atoms with van der Waals surface area (Å²) in [6.07, 6.45) is 1.28. The SMILES string of the molecule is CCN(CC)c1ccc(/C=N\NS(=O)(=O)c2ccc(C)cc2)c(O)c1. The lowest BCUT2D eigenvalue weighted by Gasteiger charge is -2.21. The third-order valence-electron chi connectivity index (χ3n) is 3.85. The summed E-state index contributed by atoms with van der Waals surface area (Å²) in [5, 5.41) is 13.9. The Morgan fingerprint density at radius 3 is 2.32 bits per heavy atom. The van der Waals surface area contributed by atoms with Gasteiger partial charge in [0.05, 0.1) is 11.1 Å². The third-order valence-corrected chi connectivity index (χ3v) is 5.09. The van der Waals surface area contributed by atoms with Crippen molar-refractivity contribution in [3.63, 3.8) is 0 Å². The summed E-state index contributed by atoms with van der Waals surface area (Å²) in [6.45, 7) is 7.62. The summed E-state index contributed by atoms with van der Waals surface area (Å²) in [4.78, 5) is 4.38. The first-order valence-electron chi connectivity index (χ1n) is 8.07. The van der Waals surface area contributed by atoms with Crippen LogP contribution >= 0.6 is 0 Å². The smallest absolute Gasteiger partial charge is 0.276 e. The number of benzene rings is 2. The highest BCUT2D eigenvalue weighted by Gasteiger charge is 2.12. The Labute approximate surface area is 148 Å². The molecule has 0 aliphatic carbocycles. The van der Waals surface area contributed by atoms with Crippen molar-refractivity contribution in [2.75, 3.05) is 18.0 Å². The van der Waals surface area contributed by atoms with Gasteiger partial charge in [-0.05, 0) is 45.0 Å². The highest BCUT2D eigenvalue weighted by molar-refractivity contribution is 7.89. The van der Waals surface area contributed by atoms with Crippen LogP contribution in [0.4, 0.5) is 5.69 Å². The molecule has 0 aromatic heterocycles. The van der Waals surface area contributed by atoms with E-state index in [2.05, 4.69) is 14.8 Å². The van der Waals surface area contributed by atoms with Gasteiger partial charge >= 0.3 is 0 Å². The van der Waals surface area contributed by atoms with Crippen LogP contribution < -0.4 is 9.73 Å². The number of nitrogens with zero attached hydrogens (tertiary/aromatic N) is 2. The number of nitrogens with one attached hydrogen (secondary N) is 1. The van der Waals surface area contributed by atoms with Crippen molar-refractivity contribution in [1.29, 1.82) is 0 Å². The van der Waals surface area contributed by atoms with Gasteiger partial charge in [-0.2, -0.15) is 13.5 Å². The fourth-order valence-electron chi connectivity index (χ4n) is 2.36. The van der Waals surface area contributed by atoms with E-state index < -0.39 is 10.0 Å². The first-order valence-corrected chi connectivity index (χ1v) is 9.55. The molecule has 0 unspecified atom stereocenters. The molecular formula is C18H23N3O3S. The number of hydrogen-bond donors (Lipinski definition) is 2. The second-order valence-electron chi connectivity index (χ2n) is 5.58. The molecule has 0 bridgehead atoms. The Bertz CT molecular complexity index is 842. The summed E-state index contributed by atoms with van der Waals surface area (Å²) >= 11 is 0. The summed E-state index contributed by atoms with van der Waals surface area (Å²) in [7, 11) is -3.73. The second-order valence-corrected chi connectivity index (χ2v) is 7.24. The van der Waals surface area contributed by atoms with Crippen LogP contribution in [0.2, 0.25) is 0 Å². The zero-order chi connectivity index (χ0) is 18.4. The summed E-state index contributed by atoms with van der Waals surface area (Å²) < 4.78 is 24.3. The van der Waals surface area contributed by atoms with Crippen LogP contribution in [-0.4, -0.2) is 32.8 Å². The van der Waals surface area contributed by atoms with Crippen molar-refractivity contribution in [2.24, 2.45) is 5.10 Å². The fourth-order valence-corrected chi connectivity index (χ4v) is 3.15. The molecule has 0 aliphatic rings. The van der Waals surface area contributed by atoms with Gasteiger partial charge in [0, 0.05) is 30.4 Å². The maximum Gasteiger partial charge on any atom is 0.276 e. The van der Waals surface area contributed by atoms with Crippen molar-refractivity contribution in [3.8, 4) is 5.75 Å². The number of phenols is 1. The summed E-state index contributed by atoms with van der Waals surface area (Å²) in [6, 6.07) is 11.7. The first kappa shape index (κ1) is 18.8. The van der Waals surface area contributed by atoms with Crippen molar-refractivity contribution in [1.82, 2.24) is 4.83 Å². The Morgan fingerprint density at radius 1 is 1.12 bits per heavy atom. The predicted molar refractivity (Wildman–Crippen MR) is 101 cm³/mol. The highest BCUT2D eigenvalue weighted by atomic mass is 32.2. The highest BCUT2D eigenvalue weighted by Crippen LogP contribution is 2.23. The van der Waals surface area contributed by atoms with E-state index in [9.17, 15) is 13.5 Å². The van der Waals surface area contributed by atoms with Gasteiger partial charge in [-0.3, -0.25) is 0 Å². The minimum Gasteiger partial charge on any atom is -0.507 e. The molecule has 2 N–H and O–H groups in total. The van der Waals surface area contributed by atoms with Crippen LogP contribution in [0.5, 0.6) is 5.75 Å². The number of phenolic OH excluding ortho intramolecular Hbond substituents is 1. The quantitative estimate of drug-likeness (QED) is 0.587. The van der Waals surface area contributed by atoms with Gasteiger partial charge in [0.2, 0.25) is 0 Å². The van der Waals surface area contributed by atoms with E-state index in [0.29, 0.717) is 5.56 Å². The molecule has 0 saturated carbocycles. The van der Waals surface area contributed by atoms with Gasteiger partial charge in [-0.1, -0.05) is 17.7 Å². The summed E-state index contributed by atoms with van der Waals surface area (Å²) in [5.74, 6) is 0.0442. The van der Waals surface area contributed by atoms with Crippen molar-refractivity contribution < 1.29 is 13.5 Å². The molecule has 7 heteroatoms. The normalized spacial score (nSPS) is 11.6. The molecule has 6 nitrogen and oxygen atoms in total. The van der Waals surface area contributed by atoms with Gasteiger partial charge in [-0.25, -0.2) is 4.83 Å². The molecular weight excluding hydrogens is 338 g/mol. The number of anilines is 1. The molecule has 134 valence electrons. The zero-order valence-electron chi connectivity index (χ0n) is 14.6. The van der Waals surface area contributed by atoms with E-state index >= 15 is 0 Å². The van der Waals surface area contributed by atoms with Gasteiger partial charge in [0.25, 0.3) is 10.0 Å². The Balaban J connectivity index is 2.12. The van der Waals surface area contributed by atoms with E-state index in [1.54, 1.807) is 24.3 Å². The second kappa shape index (κ2) is 8.02. The Kier molecular flexibility index (Phi) is 6.03. The number of sulfonamides is 1. The predicted octanol–water partition coefficient (Wildman–Crippen LogP) is 2.86.